The van der Waals surface area contributed by atoms with Gasteiger partial charge < -0.3 is 9.47 Å². The summed E-state index contributed by atoms with van der Waals surface area (Å²) in [7, 11) is -3.68. The minimum Gasteiger partial charge on any atom is -0.466 e. The number of carbonyl (C=O) groups excluding carboxylic acids is 1. The van der Waals surface area contributed by atoms with Gasteiger partial charge in [0.15, 0.2) is 0 Å². The van der Waals surface area contributed by atoms with Crippen molar-refractivity contribution in [3.63, 3.8) is 0 Å². The molecule has 0 radical (unpaired) electrons. The molecule has 7 heteroatoms. The topological polar surface area (TPSA) is 76.2 Å². The molecule has 0 spiro atoms. The molecule has 1 fully saturated rings. The summed E-state index contributed by atoms with van der Waals surface area (Å²) in [6.45, 7) is 4.19. The Balaban J connectivity index is 1.64. The Bertz CT molecular complexity index is 1030. The molecular weight excluding hydrogens is 402 g/mol. The van der Waals surface area contributed by atoms with E-state index >= 15 is 0 Å². The average molecular weight is 430 g/mol. The molecule has 0 saturated carbocycles. The molecule has 2 aromatic rings. The quantitative estimate of drug-likeness (QED) is 0.539. The van der Waals surface area contributed by atoms with Crippen LogP contribution in [0.4, 0.5) is 0 Å². The van der Waals surface area contributed by atoms with Gasteiger partial charge in [0, 0.05) is 26.4 Å². The average Bonchev–Trinajstić information content (AvgIpc) is 3.38. The number of aryl methyl sites for hydroxylation is 2. The highest BCUT2D eigenvalue weighted by Gasteiger charge is 2.57. The van der Waals surface area contributed by atoms with Crippen molar-refractivity contribution in [1.29, 1.82) is 0 Å². The minimum absolute atomic E-state index is 0.206. The molecule has 4 rings (SSSR count). The number of fused-ring (bicyclic) bond motifs is 2. The summed E-state index contributed by atoms with van der Waals surface area (Å²) in [5.74, 6) is -0.319. The lowest BCUT2D eigenvalue weighted by molar-refractivity contribution is -0.141. The van der Waals surface area contributed by atoms with Crippen molar-refractivity contribution in [2.24, 2.45) is 0 Å². The van der Waals surface area contributed by atoms with Gasteiger partial charge in [0.1, 0.15) is 6.10 Å². The van der Waals surface area contributed by atoms with Crippen LogP contribution in [0.25, 0.3) is 0 Å². The van der Waals surface area contributed by atoms with Gasteiger partial charge in [-0.15, -0.1) is 0 Å². The van der Waals surface area contributed by atoms with E-state index in [1.807, 2.05) is 37.3 Å². The van der Waals surface area contributed by atoms with Gasteiger partial charge in [0.2, 0.25) is 10.0 Å². The van der Waals surface area contributed by atoms with Gasteiger partial charge in [-0.3, -0.25) is 4.79 Å². The molecule has 6 nitrogen and oxygen atoms in total. The number of ether oxygens (including phenoxy) is 2. The second-order valence-electron chi connectivity index (χ2n) is 8.14. The van der Waals surface area contributed by atoms with Crippen molar-refractivity contribution in [1.82, 2.24) is 4.31 Å². The number of sulfonamides is 1. The van der Waals surface area contributed by atoms with E-state index in [9.17, 15) is 13.2 Å². The highest BCUT2D eigenvalue weighted by Crippen LogP contribution is 2.46. The van der Waals surface area contributed by atoms with Crippen molar-refractivity contribution < 1.29 is 22.7 Å². The van der Waals surface area contributed by atoms with Crippen LogP contribution >= 0.6 is 0 Å². The van der Waals surface area contributed by atoms with Gasteiger partial charge in [0.05, 0.1) is 17.1 Å². The van der Waals surface area contributed by atoms with Gasteiger partial charge in [-0.05, 0) is 43.0 Å². The third kappa shape index (κ3) is 4.29. The normalized spacial score (nSPS) is 24.0. The Morgan fingerprint density at radius 2 is 1.87 bits per heavy atom. The van der Waals surface area contributed by atoms with Crippen LogP contribution in [0.3, 0.4) is 0 Å². The van der Waals surface area contributed by atoms with Gasteiger partial charge >= 0.3 is 5.97 Å². The first kappa shape index (κ1) is 21.0. The smallest absolute Gasteiger partial charge is 0.302 e. The summed E-state index contributed by atoms with van der Waals surface area (Å²) in [5.41, 5.74) is 2.71. The molecule has 2 aromatic carbocycles. The van der Waals surface area contributed by atoms with E-state index in [-0.39, 0.29) is 30.1 Å². The molecule has 1 saturated heterocycles. The van der Waals surface area contributed by atoms with Crippen molar-refractivity contribution in [3.8, 4) is 0 Å². The number of nitrogens with zero attached hydrogens (tertiary/aromatic N) is 1. The van der Waals surface area contributed by atoms with Gasteiger partial charge in [-0.25, -0.2) is 8.42 Å². The number of rotatable bonds is 5. The highest BCUT2D eigenvalue weighted by atomic mass is 32.2. The van der Waals surface area contributed by atoms with E-state index in [4.69, 9.17) is 9.47 Å². The van der Waals surface area contributed by atoms with E-state index in [1.165, 1.54) is 11.2 Å². The van der Waals surface area contributed by atoms with E-state index in [0.717, 1.165) is 29.5 Å². The van der Waals surface area contributed by atoms with Crippen molar-refractivity contribution in [3.05, 3.63) is 65.2 Å². The minimum atomic E-state index is -3.68. The van der Waals surface area contributed by atoms with Crippen LogP contribution in [0.2, 0.25) is 0 Å². The molecule has 0 aliphatic carbocycles. The molecule has 0 aromatic heterocycles. The number of hydrogen-bond donors (Lipinski definition) is 0. The maximum atomic E-state index is 13.5. The first-order valence-electron chi connectivity index (χ1n) is 10.2. The van der Waals surface area contributed by atoms with E-state index in [1.54, 1.807) is 12.1 Å². The number of esters is 1. The Labute approximate surface area is 177 Å². The molecular formula is C23H27NO5S. The van der Waals surface area contributed by atoms with Crippen molar-refractivity contribution >= 4 is 16.0 Å². The predicted molar refractivity (Wildman–Crippen MR) is 112 cm³/mol. The lowest BCUT2D eigenvalue weighted by Crippen LogP contribution is -2.35. The molecule has 0 bridgehead atoms. The third-order valence-corrected chi connectivity index (χ3v) is 7.87. The number of benzene rings is 2. The SMILES string of the molecule is CC(=O)OCC[C@]12CCc3ccccc3CN(S(=O)(=O)c3ccc(C)cc3)CC1O2. The Morgan fingerprint density at radius 1 is 1.17 bits per heavy atom. The summed E-state index contributed by atoms with van der Waals surface area (Å²) in [6, 6.07) is 14.9. The maximum Gasteiger partial charge on any atom is 0.302 e. The third-order valence-electron chi connectivity index (χ3n) is 6.05. The fraction of sp³-hybridized carbons (Fsp3) is 0.435. The number of hydrogen-bond acceptors (Lipinski definition) is 5. The van der Waals surface area contributed by atoms with E-state index in [2.05, 4.69) is 6.07 Å². The summed E-state index contributed by atoms with van der Waals surface area (Å²) in [5, 5.41) is 0. The van der Waals surface area contributed by atoms with E-state index < -0.39 is 15.6 Å². The van der Waals surface area contributed by atoms with Crippen molar-refractivity contribution in [2.45, 2.75) is 56.3 Å². The molecule has 2 aliphatic rings. The second kappa shape index (κ2) is 8.13. The summed E-state index contributed by atoms with van der Waals surface area (Å²) in [6.07, 6.45) is 1.93. The first-order valence-corrected chi connectivity index (χ1v) is 11.7. The molecule has 2 atom stereocenters. The van der Waals surface area contributed by atoms with Crippen LogP contribution in [-0.2, 0) is 37.3 Å². The van der Waals surface area contributed by atoms with Gasteiger partial charge in [-0.1, -0.05) is 42.0 Å². The molecule has 0 amide bonds. The summed E-state index contributed by atoms with van der Waals surface area (Å²) in [4.78, 5) is 11.4. The molecule has 0 N–H and O–H groups in total. The molecule has 30 heavy (non-hydrogen) atoms. The fourth-order valence-corrected chi connectivity index (χ4v) is 5.59. The van der Waals surface area contributed by atoms with Crippen LogP contribution in [0.1, 0.15) is 36.5 Å². The zero-order valence-corrected chi connectivity index (χ0v) is 18.2. The zero-order valence-electron chi connectivity index (χ0n) is 17.3. The van der Waals surface area contributed by atoms with E-state index in [0.29, 0.717) is 13.0 Å². The summed E-state index contributed by atoms with van der Waals surface area (Å²) < 4.78 is 39.6. The Morgan fingerprint density at radius 3 is 2.57 bits per heavy atom. The van der Waals surface area contributed by atoms with Crippen LogP contribution in [-0.4, -0.2) is 43.5 Å². The van der Waals surface area contributed by atoms with Crippen LogP contribution in [0.15, 0.2) is 53.4 Å². The van der Waals surface area contributed by atoms with Crippen LogP contribution in [0.5, 0.6) is 0 Å². The largest absolute Gasteiger partial charge is 0.466 e. The monoisotopic (exact) mass is 429 g/mol. The second-order valence-corrected chi connectivity index (χ2v) is 10.1. The fourth-order valence-electron chi connectivity index (χ4n) is 4.17. The predicted octanol–water partition coefficient (Wildman–Crippen LogP) is 3.22. The standard InChI is InChI=1S/C23H27NO5S/c1-17-7-9-21(10-8-17)30(26,27)24-15-20-6-4-3-5-19(20)11-12-23(22(16-24)29-23)13-14-28-18(2)25/h3-10,22H,11-16H2,1-2H3/t22?,23-/m1/s1. The van der Waals surface area contributed by atoms with Crippen molar-refractivity contribution in [2.75, 3.05) is 13.2 Å². The summed E-state index contributed by atoms with van der Waals surface area (Å²) >= 11 is 0. The molecule has 2 heterocycles. The molecule has 2 aliphatic heterocycles. The van der Waals surface area contributed by atoms with Gasteiger partial charge in [0.25, 0.3) is 0 Å². The lowest BCUT2D eigenvalue weighted by atomic mass is 9.92. The van der Waals surface area contributed by atoms with Gasteiger partial charge in [-0.2, -0.15) is 4.31 Å². The highest BCUT2D eigenvalue weighted by molar-refractivity contribution is 7.89. The number of epoxide rings is 1. The lowest BCUT2D eigenvalue weighted by Gasteiger charge is -2.22. The van der Waals surface area contributed by atoms with Crippen LogP contribution < -0.4 is 0 Å². The Hall–Kier alpha value is -2.22. The molecule has 160 valence electrons. The first-order chi connectivity index (χ1) is 14.3. The maximum absolute atomic E-state index is 13.5. The number of carbonyl (C=O) groups is 1. The van der Waals surface area contributed by atoms with Crippen LogP contribution in [0, 0.1) is 6.92 Å². The Kier molecular flexibility index (Phi) is 5.70. The zero-order chi connectivity index (χ0) is 21.4. The molecule has 1 unspecified atom stereocenters.